The summed E-state index contributed by atoms with van der Waals surface area (Å²) in [6.07, 6.45) is 6.14. The van der Waals surface area contributed by atoms with Gasteiger partial charge in [-0.1, -0.05) is 13.3 Å². The molecule has 2 rings (SSSR count). The molecule has 2 aliphatic heterocycles. The molecule has 0 bridgehead atoms. The Kier molecular flexibility index (Phi) is 4.62. The molecule has 0 spiro atoms. The fourth-order valence-electron chi connectivity index (χ4n) is 2.91. The molecule has 4 N–H and O–H groups in total. The number of guanidine groups is 1. The van der Waals surface area contributed by atoms with Crippen molar-refractivity contribution in [2.75, 3.05) is 19.6 Å². The zero-order chi connectivity index (χ0) is 12.1. The minimum absolute atomic E-state index is 0.522. The van der Waals surface area contributed by atoms with Gasteiger partial charge in [0.25, 0.3) is 0 Å². The lowest BCUT2D eigenvalue weighted by Gasteiger charge is -2.22. The van der Waals surface area contributed by atoms with E-state index in [9.17, 15) is 0 Å². The molecule has 5 nitrogen and oxygen atoms in total. The number of hydrogen-bond acceptors (Lipinski definition) is 3. The number of fused-ring (bicyclic) bond motifs is 1. The quantitative estimate of drug-likeness (QED) is 0.219. The molecule has 2 heterocycles. The van der Waals surface area contributed by atoms with Crippen LogP contribution in [0.2, 0.25) is 0 Å². The second-order valence-electron chi connectivity index (χ2n) is 5.01. The topological polar surface area (TPSA) is 65.7 Å². The molecule has 0 saturated carbocycles. The van der Waals surface area contributed by atoms with Gasteiger partial charge in [0.05, 0.1) is 0 Å². The fourth-order valence-corrected chi connectivity index (χ4v) is 2.91. The number of nitrogens with one attached hydrogen (secondary N) is 2. The zero-order valence-electron chi connectivity index (χ0n) is 10.8. The molecule has 5 heteroatoms. The minimum Gasteiger partial charge on any atom is -0.351 e. The molecule has 2 atom stereocenters. The van der Waals surface area contributed by atoms with Crippen LogP contribution in [0.5, 0.6) is 0 Å². The van der Waals surface area contributed by atoms with Gasteiger partial charge < -0.3 is 5.32 Å². The molecule has 0 aromatic rings. The van der Waals surface area contributed by atoms with Crippen molar-refractivity contribution < 1.29 is 0 Å². The second-order valence-corrected chi connectivity index (χ2v) is 5.01. The third-order valence-electron chi connectivity index (χ3n) is 3.85. The first-order valence-electron chi connectivity index (χ1n) is 6.86. The van der Waals surface area contributed by atoms with E-state index in [-0.39, 0.29) is 0 Å². The van der Waals surface area contributed by atoms with Crippen LogP contribution in [0.15, 0.2) is 4.99 Å². The molecular formula is C12H25N5. The standard InChI is InChI=1S/C12H25N5/c1-2-3-7-14-12(16-13)15-10-6-9-17-8-4-5-11(10)17/h10-11H,2-9,13H2,1H3,(H2,14,15,16). The van der Waals surface area contributed by atoms with E-state index in [0.29, 0.717) is 12.1 Å². The van der Waals surface area contributed by atoms with E-state index in [1.165, 1.54) is 38.8 Å². The van der Waals surface area contributed by atoms with Crippen LogP contribution in [0.1, 0.15) is 39.0 Å². The van der Waals surface area contributed by atoms with Crippen molar-refractivity contribution in [1.82, 2.24) is 15.6 Å². The van der Waals surface area contributed by atoms with Gasteiger partial charge in [-0.15, -0.1) is 0 Å². The van der Waals surface area contributed by atoms with Gasteiger partial charge in [-0.2, -0.15) is 0 Å². The van der Waals surface area contributed by atoms with Gasteiger partial charge in [0.1, 0.15) is 0 Å². The summed E-state index contributed by atoms with van der Waals surface area (Å²) in [4.78, 5) is 7.04. The highest BCUT2D eigenvalue weighted by atomic mass is 15.4. The van der Waals surface area contributed by atoms with Crippen molar-refractivity contribution in [1.29, 1.82) is 0 Å². The van der Waals surface area contributed by atoms with Gasteiger partial charge >= 0.3 is 0 Å². The lowest BCUT2D eigenvalue weighted by atomic mass is 10.1. The molecule has 2 saturated heterocycles. The van der Waals surface area contributed by atoms with E-state index in [0.717, 1.165) is 18.9 Å². The average molecular weight is 239 g/mol. The normalized spacial score (nSPS) is 29.4. The van der Waals surface area contributed by atoms with Crippen LogP contribution in [-0.4, -0.2) is 42.6 Å². The van der Waals surface area contributed by atoms with E-state index in [2.05, 4.69) is 27.6 Å². The predicted octanol–water partition coefficient (Wildman–Crippen LogP) is 0.432. The van der Waals surface area contributed by atoms with Crippen molar-refractivity contribution in [3.8, 4) is 0 Å². The van der Waals surface area contributed by atoms with Crippen molar-refractivity contribution in [3.63, 3.8) is 0 Å². The number of unbranched alkanes of at least 4 members (excludes halogenated alkanes) is 1. The van der Waals surface area contributed by atoms with E-state index in [1.807, 2.05) is 0 Å². The van der Waals surface area contributed by atoms with Crippen molar-refractivity contribution in [3.05, 3.63) is 0 Å². The van der Waals surface area contributed by atoms with Gasteiger partial charge in [0.2, 0.25) is 5.96 Å². The van der Waals surface area contributed by atoms with Gasteiger partial charge in [0, 0.05) is 25.2 Å². The summed E-state index contributed by atoms with van der Waals surface area (Å²) in [5, 5.41) is 3.47. The number of nitrogens with zero attached hydrogens (tertiary/aromatic N) is 2. The maximum Gasteiger partial charge on any atom is 0.205 e. The van der Waals surface area contributed by atoms with Crippen LogP contribution in [0.25, 0.3) is 0 Å². The van der Waals surface area contributed by atoms with Crippen LogP contribution in [0, 0.1) is 0 Å². The van der Waals surface area contributed by atoms with E-state index in [4.69, 9.17) is 5.84 Å². The first-order valence-corrected chi connectivity index (χ1v) is 6.86. The van der Waals surface area contributed by atoms with E-state index < -0.39 is 0 Å². The Morgan fingerprint density at radius 2 is 2.29 bits per heavy atom. The average Bonchev–Trinajstić information content (AvgIpc) is 2.92. The molecule has 0 amide bonds. The molecule has 0 radical (unpaired) electrons. The number of rotatable bonds is 4. The minimum atomic E-state index is 0.522. The Bertz CT molecular complexity index is 266. The van der Waals surface area contributed by atoms with Gasteiger partial charge in [0.15, 0.2) is 0 Å². The summed E-state index contributed by atoms with van der Waals surface area (Å²) in [7, 11) is 0. The molecule has 0 aromatic heterocycles. The van der Waals surface area contributed by atoms with Gasteiger partial charge in [-0.05, 0) is 32.2 Å². The maximum atomic E-state index is 5.51. The molecule has 98 valence electrons. The Balaban J connectivity index is 1.83. The Morgan fingerprint density at radius 1 is 1.41 bits per heavy atom. The molecule has 0 aromatic carbocycles. The SMILES string of the molecule is CCCCN=C(NN)NC1CCN2CCCC12. The highest BCUT2D eigenvalue weighted by Crippen LogP contribution is 2.27. The van der Waals surface area contributed by atoms with Gasteiger partial charge in [-0.3, -0.25) is 15.3 Å². The number of nitrogens with two attached hydrogens (primary N) is 1. The number of hydrazine groups is 1. The van der Waals surface area contributed by atoms with Crippen LogP contribution in [-0.2, 0) is 0 Å². The van der Waals surface area contributed by atoms with Crippen LogP contribution < -0.4 is 16.6 Å². The van der Waals surface area contributed by atoms with Gasteiger partial charge in [-0.25, -0.2) is 5.84 Å². The summed E-state index contributed by atoms with van der Waals surface area (Å²) in [5.74, 6) is 6.27. The third kappa shape index (κ3) is 3.10. The lowest BCUT2D eigenvalue weighted by molar-refractivity contribution is 0.307. The summed E-state index contributed by atoms with van der Waals surface area (Å²) in [6, 6.07) is 1.22. The highest BCUT2D eigenvalue weighted by molar-refractivity contribution is 5.79. The van der Waals surface area contributed by atoms with E-state index in [1.54, 1.807) is 0 Å². The van der Waals surface area contributed by atoms with Crippen molar-refractivity contribution in [2.45, 2.75) is 51.1 Å². The second kappa shape index (κ2) is 6.21. The smallest absolute Gasteiger partial charge is 0.205 e. The Hall–Kier alpha value is -0.810. The molecule has 2 aliphatic rings. The van der Waals surface area contributed by atoms with Crippen LogP contribution in [0.4, 0.5) is 0 Å². The molecule has 0 aliphatic carbocycles. The summed E-state index contributed by atoms with van der Waals surface area (Å²) >= 11 is 0. The largest absolute Gasteiger partial charge is 0.351 e. The summed E-state index contributed by atoms with van der Waals surface area (Å²) < 4.78 is 0. The summed E-state index contributed by atoms with van der Waals surface area (Å²) in [5.41, 5.74) is 2.69. The Labute approximate surface area is 104 Å². The molecule has 17 heavy (non-hydrogen) atoms. The molecular weight excluding hydrogens is 214 g/mol. The first-order chi connectivity index (χ1) is 8.35. The van der Waals surface area contributed by atoms with Crippen LogP contribution in [0.3, 0.4) is 0 Å². The maximum absolute atomic E-state index is 5.51. The van der Waals surface area contributed by atoms with Crippen LogP contribution >= 0.6 is 0 Å². The fraction of sp³-hybridized carbons (Fsp3) is 0.917. The Morgan fingerprint density at radius 3 is 3.06 bits per heavy atom. The molecule has 2 fully saturated rings. The number of hydrogen-bond donors (Lipinski definition) is 3. The third-order valence-corrected chi connectivity index (χ3v) is 3.85. The zero-order valence-corrected chi connectivity index (χ0v) is 10.8. The lowest BCUT2D eigenvalue weighted by Crippen LogP contribution is -2.50. The van der Waals surface area contributed by atoms with Crippen molar-refractivity contribution >= 4 is 5.96 Å². The van der Waals surface area contributed by atoms with Crippen molar-refractivity contribution in [2.24, 2.45) is 10.8 Å². The first kappa shape index (κ1) is 12.6. The van der Waals surface area contributed by atoms with E-state index >= 15 is 0 Å². The number of aliphatic imine (C=N–C) groups is 1. The molecule has 2 unspecified atom stereocenters. The highest BCUT2D eigenvalue weighted by Gasteiger charge is 2.37. The predicted molar refractivity (Wildman–Crippen MR) is 70.7 cm³/mol. The monoisotopic (exact) mass is 239 g/mol. The summed E-state index contributed by atoms with van der Waals surface area (Å²) in [6.45, 7) is 5.51.